The summed E-state index contributed by atoms with van der Waals surface area (Å²) in [6.45, 7) is 2.27. The van der Waals surface area contributed by atoms with Gasteiger partial charge in [0.05, 0.1) is 10.6 Å². The molecular weight excluding hydrogens is 364 g/mol. The summed E-state index contributed by atoms with van der Waals surface area (Å²) in [6, 6.07) is 12.4. The molecule has 0 saturated heterocycles. The Bertz CT molecular complexity index is 821. The van der Waals surface area contributed by atoms with Gasteiger partial charge >= 0.3 is 0 Å². The van der Waals surface area contributed by atoms with Crippen molar-refractivity contribution in [2.24, 2.45) is 0 Å². The summed E-state index contributed by atoms with van der Waals surface area (Å²) < 4.78 is 31.7. The molecule has 0 aliphatic carbocycles. The van der Waals surface area contributed by atoms with Crippen molar-refractivity contribution in [1.29, 1.82) is 0 Å². The summed E-state index contributed by atoms with van der Waals surface area (Å²) in [5.41, 5.74) is 0.473. The maximum absolute atomic E-state index is 12.6. The number of ether oxygens (including phenoxy) is 1. The lowest BCUT2D eigenvalue weighted by Gasteiger charge is -2.20. The SMILES string of the molecule is CCNC(=O)COc1ccc(N(C)S(=O)(=O)c2ccc(Cl)cc2)cc1. The Morgan fingerprint density at radius 3 is 2.28 bits per heavy atom. The van der Waals surface area contributed by atoms with Crippen LogP contribution < -0.4 is 14.4 Å². The molecule has 0 spiro atoms. The number of sulfonamides is 1. The molecule has 2 aromatic carbocycles. The quantitative estimate of drug-likeness (QED) is 0.798. The van der Waals surface area contributed by atoms with Gasteiger partial charge in [-0.3, -0.25) is 9.10 Å². The van der Waals surface area contributed by atoms with Crippen LogP contribution >= 0.6 is 11.6 Å². The Balaban J connectivity index is 2.10. The van der Waals surface area contributed by atoms with E-state index in [2.05, 4.69) is 5.32 Å². The number of halogens is 1. The van der Waals surface area contributed by atoms with Crippen molar-refractivity contribution in [2.75, 3.05) is 24.5 Å². The van der Waals surface area contributed by atoms with Gasteiger partial charge in [0.1, 0.15) is 5.75 Å². The normalized spacial score (nSPS) is 11.0. The van der Waals surface area contributed by atoms with Crippen molar-refractivity contribution < 1.29 is 17.9 Å². The van der Waals surface area contributed by atoms with Gasteiger partial charge in [-0.15, -0.1) is 0 Å². The summed E-state index contributed by atoms with van der Waals surface area (Å²) in [4.78, 5) is 11.5. The highest BCUT2D eigenvalue weighted by atomic mass is 35.5. The average Bonchev–Trinajstić information content (AvgIpc) is 2.60. The third-order valence-corrected chi connectivity index (χ3v) is 5.47. The monoisotopic (exact) mass is 382 g/mol. The zero-order valence-corrected chi connectivity index (χ0v) is 15.5. The van der Waals surface area contributed by atoms with E-state index in [0.717, 1.165) is 0 Å². The van der Waals surface area contributed by atoms with Crippen LogP contribution in [0, 0.1) is 0 Å². The van der Waals surface area contributed by atoms with E-state index >= 15 is 0 Å². The minimum atomic E-state index is -3.68. The smallest absolute Gasteiger partial charge is 0.264 e. The van der Waals surface area contributed by atoms with Crippen molar-refractivity contribution in [1.82, 2.24) is 5.32 Å². The van der Waals surface area contributed by atoms with Crippen LogP contribution in [0.3, 0.4) is 0 Å². The number of likely N-dealkylation sites (N-methyl/N-ethyl adjacent to an activating group) is 1. The Hall–Kier alpha value is -2.25. The molecule has 2 aromatic rings. The molecule has 0 atom stereocenters. The van der Waals surface area contributed by atoms with E-state index in [1.54, 1.807) is 24.3 Å². The second-order valence-electron chi connectivity index (χ2n) is 5.16. The largest absolute Gasteiger partial charge is 0.484 e. The molecule has 25 heavy (non-hydrogen) atoms. The zero-order valence-electron chi connectivity index (χ0n) is 13.9. The summed E-state index contributed by atoms with van der Waals surface area (Å²) in [7, 11) is -2.22. The number of carbonyl (C=O) groups excluding carboxylic acids is 1. The van der Waals surface area contributed by atoms with Gasteiger partial charge < -0.3 is 10.1 Å². The molecule has 0 saturated carbocycles. The molecule has 2 rings (SSSR count). The van der Waals surface area contributed by atoms with Gasteiger partial charge in [-0.05, 0) is 55.5 Å². The van der Waals surface area contributed by atoms with Gasteiger partial charge in [-0.1, -0.05) is 11.6 Å². The number of hydrogen-bond acceptors (Lipinski definition) is 4. The molecule has 0 radical (unpaired) electrons. The molecule has 0 bridgehead atoms. The number of benzene rings is 2. The first-order valence-corrected chi connectivity index (χ1v) is 9.40. The number of carbonyl (C=O) groups is 1. The summed E-state index contributed by atoms with van der Waals surface area (Å²) in [6.07, 6.45) is 0. The fourth-order valence-electron chi connectivity index (χ4n) is 2.05. The minimum absolute atomic E-state index is 0.0912. The minimum Gasteiger partial charge on any atom is -0.484 e. The molecule has 0 unspecified atom stereocenters. The van der Waals surface area contributed by atoms with Crippen molar-refractivity contribution in [3.63, 3.8) is 0 Å². The number of nitrogens with one attached hydrogen (secondary N) is 1. The first-order valence-electron chi connectivity index (χ1n) is 7.58. The van der Waals surface area contributed by atoms with E-state index in [4.69, 9.17) is 16.3 Å². The average molecular weight is 383 g/mol. The Morgan fingerprint density at radius 2 is 1.72 bits per heavy atom. The van der Waals surface area contributed by atoms with E-state index in [0.29, 0.717) is 23.0 Å². The van der Waals surface area contributed by atoms with Crippen LogP contribution in [-0.2, 0) is 14.8 Å². The molecule has 0 aliphatic rings. The topological polar surface area (TPSA) is 75.7 Å². The van der Waals surface area contributed by atoms with Gasteiger partial charge in [-0.25, -0.2) is 8.42 Å². The van der Waals surface area contributed by atoms with Gasteiger partial charge in [-0.2, -0.15) is 0 Å². The standard InChI is InChI=1S/C17H19ClN2O4S/c1-3-19-17(21)12-24-15-8-6-14(7-9-15)20(2)25(22,23)16-10-4-13(18)5-11-16/h4-11H,3,12H2,1-2H3,(H,19,21). The Morgan fingerprint density at radius 1 is 1.12 bits per heavy atom. The lowest BCUT2D eigenvalue weighted by atomic mass is 10.3. The van der Waals surface area contributed by atoms with Gasteiger partial charge in [0, 0.05) is 18.6 Å². The van der Waals surface area contributed by atoms with Crippen LogP contribution in [0.5, 0.6) is 5.75 Å². The third kappa shape index (κ3) is 4.87. The van der Waals surface area contributed by atoms with Crippen LogP contribution in [0.1, 0.15) is 6.92 Å². The molecule has 6 nitrogen and oxygen atoms in total. The molecule has 0 aromatic heterocycles. The Labute approximate surface area is 152 Å². The number of rotatable bonds is 7. The van der Waals surface area contributed by atoms with Crippen LogP contribution in [0.15, 0.2) is 53.4 Å². The highest BCUT2D eigenvalue weighted by Crippen LogP contribution is 2.25. The van der Waals surface area contributed by atoms with E-state index in [1.165, 1.54) is 35.6 Å². The molecule has 0 heterocycles. The fourth-order valence-corrected chi connectivity index (χ4v) is 3.37. The van der Waals surface area contributed by atoms with E-state index < -0.39 is 10.0 Å². The highest BCUT2D eigenvalue weighted by molar-refractivity contribution is 7.92. The van der Waals surface area contributed by atoms with Crippen molar-refractivity contribution in [2.45, 2.75) is 11.8 Å². The first kappa shape index (κ1) is 19.1. The number of amides is 1. The molecule has 0 aliphatic heterocycles. The van der Waals surface area contributed by atoms with Crippen molar-refractivity contribution in [3.8, 4) is 5.75 Å². The maximum Gasteiger partial charge on any atom is 0.264 e. The van der Waals surface area contributed by atoms with Crippen molar-refractivity contribution >= 4 is 33.2 Å². The fraction of sp³-hybridized carbons (Fsp3) is 0.235. The second kappa shape index (κ2) is 8.22. The van der Waals surface area contributed by atoms with Crippen molar-refractivity contribution in [3.05, 3.63) is 53.6 Å². The molecule has 134 valence electrons. The predicted octanol–water partition coefficient (Wildman–Crippen LogP) is 2.68. The van der Waals surface area contributed by atoms with Crippen LogP contribution in [0.4, 0.5) is 5.69 Å². The summed E-state index contributed by atoms with van der Waals surface area (Å²) in [5.74, 6) is 0.265. The lowest BCUT2D eigenvalue weighted by Crippen LogP contribution is -2.28. The second-order valence-corrected chi connectivity index (χ2v) is 7.57. The first-order chi connectivity index (χ1) is 11.8. The Kier molecular flexibility index (Phi) is 6.27. The summed E-state index contributed by atoms with van der Waals surface area (Å²) in [5, 5.41) is 3.09. The number of hydrogen-bond donors (Lipinski definition) is 1. The van der Waals surface area contributed by atoms with E-state index in [9.17, 15) is 13.2 Å². The lowest BCUT2D eigenvalue weighted by molar-refractivity contribution is -0.122. The molecule has 0 fully saturated rings. The summed E-state index contributed by atoms with van der Waals surface area (Å²) >= 11 is 5.80. The number of anilines is 1. The molecule has 1 amide bonds. The van der Waals surface area contributed by atoms with Gasteiger partial charge in [0.2, 0.25) is 0 Å². The molecule has 1 N–H and O–H groups in total. The molecule has 8 heteroatoms. The van der Waals surface area contributed by atoms with Crippen LogP contribution in [0.2, 0.25) is 5.02 Å². The molecular formula is C17H19ClN2O4S. The maximum atomic E-state index is 12.6. The van der Waals surface area contributed by atoms with Crippen LogP contribution in [0.25, 0.3) is 0 Å². The van der Waals surface area contributed by atoms with E-state index in [1.807, 2.05) is 6.92 Å². The third-order valence-electron chi connectivity index (χ3n) is 3.42. The number of nitrogens with zero attached hydrogens (tertiary/aromatic N) is 1. The van der Waals surface area contributed by atoms with E-state index in [-0.39, 0.29) is 17.4 Å². The van der Waals surface area contributed by atoms with Crippen LogP contribution in [-0.4, -0.2) is 34.5 Å². The zero-order chi connectivity index (χ0) is 18.4. The predicted molar refractivity (Wildman–Crippen MR) is 97.7 cm³/mol. The highest BCUT2D eigenvalue weighted by Gasteiger charge is 2.21. The van der Waals surface area contributed by atoms with Gasteiger partial charge in [0.25, 0.3) is 15.9 Å². The van der Waals surface area contributed by atoms with Gasteiger partial charge in [0.15, 0.2) is 6.61 Å².